The molecule has 0 radical (unpaired) electrons. The molecule has 1 aromatic heterocycles. The van der Waals surface area contributed by atoms with Crippen LogP contribution in [0.15, 0.2) is 42.5 Å². The first kappa shape index (κ1) is 24.0. The largest absolute Gasteiger partial charge is 0.496 e. The van der Waals surface area contributed by atoms with Gasteiger partial charge in [-0.15, -0.1) is 0 Å². The number of nitrogens with zero attached hydrogens (tertiary/aromatic N) is 2. The number of amides is 2. The van der Waals surface area contributed by atoms with Gasteiger partial charge in [0.1, 0.15) is 28.5 Å². The van der Waals surface area contributed by atoms with E-state index in [4.69, 9.17) is 14.2 Å². The molecule has 36 heavy (non-hydrogen) atoms. The van der Waals surface area contributed by atoms with Crippen molar-refractivity contribution in [3.63, 3.8) is 0 Å². The summed E-state index contributed by atoms with van der Waals surface area (Å²) in [5, 5.41) is 4.02. The lowest BCUT2D eigenvalue weighted by Gasteiger charge is -2.44. The van der Waals surface area contributed by atoms with E-state index in [0.29, 0.717) is 22.9 Å². The van der Waals surface area contributed by atoms with Crippen molar-refractivity contribution in [2.75, 3.05) is 21.3 Å². The maximum absolute atomic E-state index is 14.1. The van der Waals surface area contributed by atoms with Gasteiger partial charge in [0.05, 0.1) is 39.9 Å². The van der Waals surface area contributed by atoms with Crippen molar-refractivity contribution in [1.82, 2.24) is 14.8 Å². The number of ether oxygens (including phenoxy) is 3. The van der Waals surface area contributed by atoms with Gasteiger partial charge in [0.15, 0.2) is 0 Å². The summed E-state index contributed by atoms with van der Waals surface area (Å²) in [5.74, 6) is 1.58. The summed E-state index contributed by atoms with van der Waals surface area (Å²) in [6, 6.07) is 13.2. The van der Waals surface area contributed by atoms with E-state index in [0.717, 1.165) is 42.1 Å². The van der Waals surface area contributed by atoms with E-state index in [1.54, 1.807) is 26.2 Å². The third kappa shape index (κ3) is 3.85. The normalized spacial score (nSPS) is 19.9. The number of para-hydroxylation sites is 1. The average molecular weight is 492 g/mol. The molecule has 2 heterocycles. The van der Waals surface area contributed by atoms with Gasteiger partial charge in [-0.1, -0.05) is 31.0 Å². The molecule has 1 unspecified atom stereocenters. The molecule has 0 saturated heterocycles. The van der Waals surface area contributed by atoms with Crippen LogP contribution in [-0.4, -0.2) is 54.2 Å². The molecule has 1 atom stereocenters. The molecule has 8 nitrogen and oxygen atoms in total. The van der Waals surface area contributed by atoms with Gasteiger partial charge >= 0.3 is 0 Å². The molecule has 1 fully saturated rings. The number of methoxy groups -OCH3 is 3. The van der Waals surface area contributed by atoms with Crippen LogP contribution in [0.2, 0.25) is 0 Å². The van der Waals surface area contributed by atoms with E-state index in [1.807, 2.05) is 54.0 Å². The molecule has 0 spiro atoms. The van der Waals surface area contributed by atoms with Gasteiger partial charge in [-0.05, 0) is 44.0 Å². The summed E-state index contributed by atoms with van der Waals surface area (Å²) in [6.07, 6.45) is 4.14. The average Bonchev–Trinajstić information content (AvgIpc) is 3.54. The summed E-state index contributed by atoms with van der Waals surface area (Å²) in [4.78, 5) is 29.7. The summed E-state index contributed by atoms with van der Waals surface area (Å²) in [6.45, 7) is 2.38. The van der Waals surface area contributed by atoms with Crippen molar-refractivity contribution in [3.05, 3.63) is 53.7 Å². The summed E-state index contributed by atoms with van der Waals surface area (Å²) < 4.78 is 18.7. The van der Waals surface area contributed by atoms with Crippen LogP contribution >= 0.6 is 0 Å². The van der Waals surface area contributed by atoms with Crippen molar-refractivity contribution < 1.29 is 23.8 Å². The number of carbonyl (C=O) groups excluding carboxylic acids is 2. The van der Waals surface area contributed by atoms with Gasteiger partial charge in [0.25, 0.3) is 5.91 Å². The van der Waals surface area contributed by atoms with Crippen molar-refractivity contribution in [3.8, 4) is 17.2 Å². The van der Waals surface area contributed by atoms with E-state index < -0.39 is 5.54 Å². The standard InChI is InChI=1S/C28H33N3O5/c1-28(27(33)29-19-10-6-7-11-19)17-30-21(15-20-23(35-3)13-14-24(36-4)25(20)30)26(32)31(28)16-18-9-5-8-12-22(18)34-2/h5,8-9,12-15,19H,6-7,10-11,16-17H2,1-4H3,(H,29,33). The second-order valence-corrected chi connectivity index (χ2v) is 9.78. The Kier molecular flexibility index (Phi) is 6.28. The molecule has 8 heteroatoms. The number of nitrogens with one attached hydrogen (secondary N) is 1. The molecular weight excluding hydrogens is 458 g/mol. The number of rotatable bonds is 7. The van der Waals surface area contributed by atoms with Crippen LogP contribution < -0.4 is 19.5 Å². The predicted octanol–water partition coefficient (Wildman–Crippen LogP) is 4.14. The number of aromatic nitrogens is 1. The first-order valence-corrected chi connectivity index (χ1v) is 12.4. The van der Waals surface area contributed by atoms with Crippen molar-refractivity contribution in [1.29, 1.82) is 0 Å². The van der Waals surface area contributed by atoms with Crippen LogP contribution in [0.5, 0.6) is 17.2 Å². The highest BCUT2D eigenvalue weighted by Crippen LogP contribution is 2.41. The highest BCUT2D eigenvalue weighted by Gasteiger charge is 2.48. The molecule has 3 aromatic rings. The number of fused-ring (bicyclic) bond motifs is 3. The summed E-state index contributed by atoms with van der Waals surface area (Å²) in [7, 11) is 4.82. The molecule has 5 rings (SSSR count). The van der Waals surface area contributed by atoms with E-state index in [9.17, 15) is 9.59 Å². The SMILES string of the molecule is COc1ccccc1CN1C(=O)c2cc3c(OC)ccc(OC)c3n2CC1(C)C(=O)NC1CCCC1. The Morgan fingerprint density at radius 1 is 1.00 bits per heavy atom. The molecule has 1 N–H and O–H groups in total. The third-order valence-electron chi connectivity index (χ3n) is 7.65. The fourth-order valence-corrected chi connectivity index (χ4v) is 5.62. The Bertz CT molecular complexity index is 1310. The number of benzene rings is 2. The van der Waals surface area contributed by atoms with Gasteiger partial charge in [-0.25, -0.2) is 0 Å². The van der Waals surface area contributed by atoms with Crippen molar-refractivity contribution >= 4 is 22.7 Å². The quantitative estimate of drug-likeness (QED) is 0.537. The number of carbonyl (C=O) groups is 2. The topological polar surface area (TPSA) is 82.0 Å². The second kappa shape index (κ2) is 9.41. The van der Waals surface area contributed by atoms with Crippen LogP contribution in [0, 0.1) is 0 Å². The molecule has 0 bridgehead atoms. The first-order chi connectivity index (χ1) is 17.4. The lowest BCUT2D eigenvalue weighted by molar-refractivity contribution is -0.133. The Balaban J connectivity index is 1.65. The molecule has 2 aromatic carbocycles. The Hall–Kier alpha value is -3.68. The van der Waals surface area contributed by atoms with E-state index >= 15 is 0 Å². The molecule has 1 saturated carbocycles. The van der Waals surface area contributed by atoms with Crippen LogP contribution in [-0.2, 0) is 17.9 Å². The van der Waals surface area contributed by atoms with E-state index in [2.05, 4.69) is 5.32 Å². The minimum Gasteiger partial charge on any atom is -0.496 e. The Morgan fingerprint density at radius 2 is 1.67 bits per heavy atom. The minimum atomic E-state index is -1.13. The Labute approximate surface area is 211 Å². The maximum atomic E-state index is 14.1. The first-order valence-electron chi connectivity index (χ1n) is 12.4. The maximum Gasteiger partial charge on any atom is 0.271 e. The van der Waals surface area contributed by atoms with Crippen LogP contribution in [0.25, 0.3) is 10.9 Å². The fourth-order valence-electron chi connectivity index (χ4n) is 5.62. The lowest BCUT2D eigenvalue weighted by atomic mass is 9.93. The van der Waals surface area contributed by atoms with Crippen molar-refractivity contribution in [2.45, 2.75) is 57.3 Å². The van der Waals surface area contributed by atoms with Crippen LogP contribution in [0.1, 0.15) is 48.7 Å². The predicted molar refractivity (Wildman–Crippen MR) is 137 cm³/mol. The number of hydrogen-bond acceptors (Lipinski definition) is 5. The monoisotopic (exact) mass is 491 g/mol. The van der Waals surface area contributed by atoms with Gasteiger partial charge in [-0.2, -0.15) is 0 Å². The zero-order valence-electron chi connectivity index (χ0n) is 21.3. The zero-order chi connectivity index (χ0) is 25.4. The second-order valence-electron chi connectivity index (χ2n) is 9.78. The summed E-state index contributed by atoms with van der Waals surface area (Å²) in [5.41, 5.74) is 0.951. The highest BCUT2D eigenvalue weighted by atomic mass is 16.5. The number of hydrogen-bond donors (Lipinski definition) is 1. The molecule has 2 aliphatic rings. The van der Waals surface area contributed by atoms with Crippen LogP contribution in [0.3, 0.4) is 0 Å². The van der Waals surface area contributed by atoms with E-state index in [1.165, 1.54) is 0 Å². The highest BCUT2D eigenvalue weighted by molar-refractivity contribution is 6.06. The molecule has 1 aliphatic carbocycles. The van der Waals surface area contributed by atoms with Gasteiger partial charge in [0, 0.05) is 17.0 Å². The molecule has 2 amide bonds. The minimum absolute atomic E-state index is 0.134. The molecular formula is C28H33N3O5. The van der Waals surface area contributed by atoms with E-state index in [-0.39, 0.29) is 30.9 Å². The van der Waals surface area contributed by atoms with Gasteiger partial charge in [-0.3, -0.25) is 9.59 Å². The fraction of sp³-hybridized carbons (Fsp3) is 0.429. The van der Waals surface area contributed by atoms with Gasteiger partial charge < -0.3 is 29.0 Å². The summed E-state index contributed by atoms with van der Waals surface area (Å²) >= 11 is 0. The zero-order valence-corrected chi connectivity index (χ0v) is 21.3. The Morgan fingerprint density at radius 3 is 2.36 bits per heavy atom. The van der Waals surface area contributed by atoms with Crippen molar-refractivity contribution in [2.24, 2.45) is 0 Å². The lowest BCUT2D eigenvalue weighted by Crippen LogP contribution is -2.64. The smallest absolute Gasteiger partial charge is 0.271 e. The molecule has 1 aliphatic heterocycles. The third-order valence-corrected chi connectivity index (χ3v) is 7.65. The van der Waals surface area contributed by atoms with Crippen LogP contribution in [0.4, 0.5) is 0 Å². The molecule has 190 valence electrons. The van der Waals surface area contributed by atoms with Gasteiger partial charge in [0.2, 0.25) is 5.91 Å².